The van der Waals surface area contributed by atoms with Gasteiger partial charge in [0, 0.05) is 12.7 Å². The zero-order valence-corrected chi connectivity index (χ0v) is 17.8. The van der Waals surface area contributed by atoms with E-state index in [1.54, 1.807) is 16.7 Å². The van der Waals surface area contributed by atoms with E-state index < -0.39 is 11.6 Å². The lowest BCUT2D eigenvalue weighted by atomic mass is 9.60. The highest BCUT2D eigenvalue weighted by Crippen LogP contribution is 2.53. The van der Waals surface area contributed by atoms with E-state index in [0.29, 0.717) is 18.4 Å². The highest BCUT2D eigenvalue weighted by Gasteiger charge is 2.54. The first-order valence-electron chi connectivity index (χ1n) is 10.0. The van der Waals surface area contributed by atoms with E-state index in [9.17, 15) is 9.90 Å². The molecule has 150 valence electrons. The Balaban J connectivity index is 2.05. The number of aromatic nitrogens is 1. The molecule has 0 spiro atoms. The quantitative estimate of drug-likeness (QED) is 0.746. The first-order valence-corrected chi connectivity index (χ1v) is 11.2. The fourth-order valence-electron chi connectivity index (χ4n) is 5.22. The molecule has 1 aromatic heterocycles. The topological polar surface area (TPSA) is 65.5 Å². The third kappa shape index (κ3) is 3.83. The zero-order valence-electron chi connectivity index (χ0n) is 17.0. The van der Waals surface area contributed by atoms with Crippen LogP contribution in [-0.4, -0.2) is 47.0 Å². The van der Waals surface area contributed by atoms with Crippen molar-refractivity contribution in [1.29, 1.82) is 0 Å². The largest absolute Gasteiger partial charge is 0.465 e. The summed E-state index contributed by atoms with van der Waals surface area (Å²) in [6, 6.07) is 4.13. The van der Waals surface area contributed by atoms with Gasteiger partial charge in [-0.15, -0.1) is 11.8 Å². The van der Waals surface area contributed by atoms with E-state index in [-0.39, 0.29) is 5.41 Å². The van der Waals surface area contributed by atoms with Crippen molar-refractivity contribution in [2.75, 3.05) is 25.9 Å². The molecule has 27 heavy (non-hydrogen) atoms. The number of amides is 1. The van der Waals surface area contributed by atoms with Gasteiger partial charge in [-0.25, -0.2) is 9.78 Å². The fourth-order valence-corrected chi connectivity index (χ4v) is 5.58. The van der Waals surface area contributed by atoms with Crippen LogP contribution in [0.1, 0.15) is 52.0 Å². The first-order chi connectivity index (χ1) is 12.8. The van der Waals surface area contributed by atoms with Gasteiger partial charge in [0.25, 0.3) is 0 Å². The predicted octanol–water partition coefficient (Wildman–Crippen LogP) is 4.43. The van der Waals surface area contributed by atoms with Crippen LogP contribution in [0.2, 0.25) is 0 Å². The molecular weight excluding hydrogens is 358 g/mol. The third-order valence-electron chi connectivity index (χ3n) is 6.69. The molecular formula is C21H33N3O2S. The Bertz CT molecular complexity index is 652. The summed E-state index contributed by atoms with van der Waals surface area (Å²) in [7, 11) is 0. The lowest BCUT2D eigenvalue weighted by Crippen LogP contribution is -2.61. The van der Waals surface area contributed by atoms with E-state index >= 15 is 0 Å². The molecule has 2 N–H and O–H groups in total. The van der Waals surface area contributed by atoms with E-state index in [1.807, 2.05) is 18.5 Å². The van der Waals surface area contributed by atoms with Gasteiger partial charge < -0.3 is 10.4 Å². The summed E-state index contributed by atoms with van der Waals surface area (Å²) in [5.41, 5.74) is 0.268. The highest BCUT2D eigenvalue weighted by atomic mass is 32.2. The van der Waals surface area contributed by atoms with Crippen LogP contribution in [0.25, 0.3) is 0 Å². The summed E-state index contributed by atoms with van der Waals surface area (Å²) in [6.07, 6.45) is 7.35. The van der Waals surface area contributed by atoms with Crippen molar-refractivity contribution in [3.8, 4) is 0 Å². The number of carboxylic acid groups (broad SMARTS) is 1. The molecule has 6 heteroatoms. The van der Waals surface area contributed by atoms with Gasteiger partial charge in [-0.05, 0) is 73.9 Å². The second kappa shape index (κ2) is 8.00. The molecule has 2 fully saturated rings. The third-order valence-corrected chi connectivity index (χ3v) is 7.35. The van der Waals surface area contributed by atoms with Crippen LogP contribution in [0, 0.1) is 17.3 Å². The number of carbonyl (C=O) groups is 1. The molecule has 1 aromatic rings. The fraction of sp³-hybridized carbons (Fsp3) is 0.714. The lowest BCUT2D eigenvalue weighted by molar-refractivity contribution is -0.0597. The molecule has 2 aliphatic rings. The number of thioether (sulfide) groups is 1. The number of rotatable bonds is 3. The summed E-state index contributed by atoms with van der Waals surface area (Å²) < 4.78 is 0. The SMILES string of the molecule is CSc1ccc([C@]2(C(C)(C)C)CC(C3CCNCC3)CCN2C(=O)O)cn1. The Kier molecular flexibility index (Phi) is 6.06. The average molecular weight is 392 g/mol. The minimum absolute atomic E-state index is 0.223. The number of hydrogen-bond donors (Lipinski definition) is 2. The molecule has 5 nitrogen and oxygen atoms in total. The number of pyridine rings is 1. The van der Waals surface area contributed by atoms with Crippen molar-refractivity contribution >= 4 is 17.9 Å². The minimum Gasteiger partial charge on any atom is -0.465 e. The molecule has 2 atom stereocenters. The van der Waals surface area contributed by atoms with Gasteiger partial charge in [-0.2, -0.15) is 0 Å². The Hall–Kier alpha value is -1.27. The summed E-state index contributed by atoms with van der Waals surface area (Å²) in [5, 5.41) is 14.5. The van der Waals surface area contributed by atoms with Crippen LogP contribution in [0.5, 0.6) is 0 Å². The Morgan fingerprint density at radius 3 is 2.48 bits per heavy atom. The molecule has 0 aliphatic carbocycles. The van der Waals surface area contributed by atoms with Crippen LogP contribution in [-0.2, 0) is 5.54 Å². The number of likely N-dealkylation sites (tertiary alicyclic amines) is 1. The lowest BCUT2D eigenvalue weighted by Gasteiger charge is -2.57. The van der Waals surface area contributed by atoms with Gasteiger partial charge in [-0.1, -0.05) is 26.8 Å². The molecule has 0 aromatic carbocycles. The van der Waals surface area contributed by atoms with Crippen molar-refractivity contribution in [3.63, 3.8) is 0 Å². The zero-order chi connectivity index (χ0) is 19.7. The summed E-state index contributed by atoms with van der Waals surface area (Å²) in [6.45, 7) is 9.29. The van der Waals surface area contributed by atoms with Gasteiger partial charge in [0.15, 0.2) is 0 Å². The number of piperidine rings is 2. The Morgan fingerprint density at radius 2 is 1.96 bits per heavy atom. The van der Waals surface area contributed by atoms with Crippen molar-refractivity contribution in [3.05, 3.63) is 23.9 Å². The van der Waals surface area contributed by atoms with Gasteiger partial charge in [0.1, 0.15) is 0 Å². The molecule has 1 unspecified atom stereocenters. The molecule has 0 radical (unpaired) electrons. The molecule has 2 aliphatic heterocycles. The van der Waals surface area contributed by atoms with Gasteiger partial charge in [-0.3, -0.25) is 4.90 Å². The number of hydrogen-bond acceptors (Lipinski definition) is 4. The maximum absolute atomic E-state index is 12.3. The minimum atomic E-state index is -0.817. The Morgan fingerprint density at radius 1 is 1.26 bits per heavy atom. The summed E-state index contributed by atoms with van der Waals surface area (Å²) in [5.74, 6) is 1.24. The first kappa shape index (κ1) is 20.5. The van der Waals surface area contributed by atoms with Crippen molar-refractivity contribution < 1.29 is 9.90 Å². The molecule has 2 saturated heterocycles. The second-order valence-electron chi connectivity index (χ2n) is 8.97. The van der Waals surface area contributed by atoms with Crippen LogP contribution in [0.4, 0.5) is 4.79 Å². The standard InChI is InChI=1S/C21H33N3O2S/c1-20(2,3)21(17-5-6-18(27-4)23-14-17)13-16(9-12-24(21)19(25)26)15-7-10-22-11-8-15/h5-6,14-16,22H,7-13H2,1-4H3,(H,25,26)/t16?,21-/m0/s1. The van der Waals surface area contributed by atoms with E-state index in [0.717, 1.165) is 36.5 Å². The predicted molar refractivity (Wildman–Crippen MR) is 110 cm³/mol. The van der Waals surface area contributed by atoms with E-state index in [4.69, 9.17) is 0 Å². The number of nitrogens with one attached hydrogen (secondary N) is 1. The smallest absolute Gasteiger partial charge is 0.408 e. The number of nitrogens with zero attached hydrogens (tertiary/aromatic N) is 2. The van der Waals surface area contributed by atoms with E-state index in [2.05, 4.69) is 37.1 Å². The molecule has 3 rings (SSSR count). The van der Waals surface area contributed by atoms with Gasteiger partial charge >= 0.3 is 6.09 Å². The van der Waals surface area contributed by atoms with Crippen molar-refractivity contribution in [2.24, 2.45) is 17.3 Å². The van der Waals surface area contributed by atoms with Crippen LogP contribution in [0.15, 0.2) is 23.4 Å². The molecule has 0 saturated carbocycles. The van der Waals surface area contributed by atoms with Gasteiger partial charge in [0.05, 0.1) is 10.6 Å². The summed E-state index contributed by atoms with van der Waals surface area (Å²) >= 11 is 1.61. The van der Waals surface area contributed by atoms with Crippen LogP contribution < -0.4 is 5.32 Å². The van der Waals surface area contributed by atoms with Gasteiger partial charge in [0.2, 0.25) is 0 Å². The maximum atomic E-state index is 12.3. The molecule has 0 bridgehead atoms. The molecule has 3 heterocycles. The second-order valence-corrected chi connectivity index (χ2v) is 9.80. The van der Waals surface area contributed by atoms with Crippen molar-refractivity contribution in [1.82, 2.24) is 15.2 Å². The van der Waals surface area contributed by atoms with E-state index in [1.165, 1.54) is 12.8 Å². The normalized spacial score (nSPS) is 27.6. The summed E-state index contributed by atoms with van der Waals surface area (Å²) in [4.78, 5) is 18.6. The highest BCUT2D eigenvalue weighted by molar-refractivity contribution is 7.98. The van der Waals surface area contributed by atoms with Crippen molar-refractivity contribution in [2.45, 2.75) is 57.0 Å². The van der Waals surface area contributed by atoms with Crippen LogP contribution in [0.3, 0.4) is 0 Å². The van der Waals surface area contributed by atoms with Crippen LogP contribution >= 0.6 is 11.8 Å². The average Bonchev–Trinajstić information content (AvgIpc) is 2.67. The Labute approximate surface area is 167 Å². The maximum Gasteiger partial charge on any atom is 0.408 e. The monoisotopic (exact) mass is 391 g/mol. The molecule has 1 amide bonds.